The normalized spacial score (nSPS) is 18.4. The van der Waals surface area contributed by atoms with Gasteiger partial charge in [0.05, 0.1) is 17.9 Å². The van der Waals surface area contributed by atoms with E-state index in [1.165, 1.54) is 23.8 Å². The van der Waals surface area contributed by atoms with Crippen molar-refractivity contribution in [1.29, 1.82) is 0 Å². The van der Waals surface area contributed by atoms with Crippen molar-refractivity contribution >= 4 is 22.9 Å². The predicted octanol–water partition coefficient (Wildman–Crippen LogP) is 2.84. The maximum absolute atomic E-state index is 14.0. The zero-order valence-electron chi connectivity index (χ0n) is 15.6. The van der Waals surface area contributed by atoms with Gasteiger partial charge in [0.25, 0.3) is 5.91 Å². The molecular weight excluding hydrogens is 414 g/mol. The molecule has 4 rings (SSSR count). The number of aromatic nitrogens is 2. The highest BCUT2D eigenvalue weighted by Gasteiger charge is 2.23. The van der Waals surface area contributed by atoms with E-state index in [2.05, 4.69) is 20.6 Å². The molecule has 3 aromatic rings. The lowest BCUT2D eigenvalue weighted by atomic mass is 10.2. The van der Waals surface area contributed by atoms with Crippen LogP contribution in [0.15, 0.2) is 42.0 Å². The number of pyridine rings is 1. The molecule has 3 N–H and O–H groups in total. The molecule has 0 saturated carbocycles. The number of thiazole rings is 1. The van der Waals surface area contributed by atoms with E-state index >= 15 is 0 Å². The van der Waals surface area contributed by atoms with E-state index in [-0.39, 0.29) is 22.3 Å². The van der Waals surface area contributed by atoms with Crippen molar-refractivity contribution in [3.63, 3.8) is 0 Å². The minimum absolute atomic E-state index is 0.00785. The van der Waals surface area contributed by atoms with Crippen LogP contribution < -0.4 is 15.4 Å². The van der Waals surface area contributed by atoms with Gasteiger partial charge in [-0.05, 0) is 18.6 Å². The summed E-state index contributed by atoms with van der Waals surface area (Å²) in [5.41, 5.74) is 0.0962. The van der Waals surface area contributed by atoms with Gasteiger partial charge in [0, 0.05) is 30.2 Å². The number of hydrogen-bond acceptors (Lipinski definition) is 7. The molecule has 1 aliphatic heterocycles. The second-order valence-electron chi connectivity index (χ2n) is 6.77. The van der Waals surface area contributed by atoms with Crippen molar-refractivity contribution in [2.45, 2.75) is 18.6 Å². The van der Waals surface area contributed by atoms with Crippen molar-refractivity contribution in [3.8, 4) is 16.3 Å². The number of aliphatic hydroxyl groups is 1. The SMILES string of the molecule is O=C(Nc1cnccc1OC[C@@H]1CC(O)CN1)c1csc(-c2c(F)cccc2F)n1. The first kappa shape index (κ1) is 20.3. The Hall–Kier alpha value is -2.95. The number of carbonyl (C=O) groups excluding carboxylic acids is 1. The minimum atomic E-state index is -0.745. The van der Waals surface area contributed by atoms with Crippen molar-refractivity contribution in [2.24, 2.45) is 0 Å². The van der Waals surface area contributed by atoms with Gasteiger partial charge in [0.15, 0.2) is 0 Å². The lowest BCUT2D eigenvalue weighted by Crippen LogP contribution is -2.28. The summed E-state index contributed by atoms with van der Waals surface area (Å²) in [5.74, 6) is -1.63. The second kappa shape index (κ2) is 8.82. The first-order valence-electron chi connectivity index (χ1n) is 9.21. The molecule has 1 amide bonds. The van der Waals surface area contributed by atoms with Crippen LogP contribution in [0.1, 0.15) is 16.9 Å². The number of nitrogens with one attached hydrogen (secondary N) is 2. The zero-order chi connectivity index (χ0) is 21.1. The molecule has 0 spiro atoms. The Balaban J connectivity index is 1.46. The van der Waals surface area contributed by atoms with Crippen molar-refractivity contribution in [2.75, 3.05) is 18.5 Å². The molecule has 1 aliphatic rings. The Kier molecular flexibility index (Phi) is 5.98. The number of carbonyl (C=O) groups is 1. The van der Waals surface area contributed by atoms with Crippen LogP contribution in [0.4, 0.5) is 14.5 Å². The Morgan fingerprint density at radius 1 is 1.33 bits per heavy atom. The number of hydrogen-bond donors (Lipinski definition) is 3. The van der Waals surface area contributed by atoms with Crippen LogP contribution in [-0.4, -0.2) is 46.3 Å². The molecule has 30 heavy (non-hydrogen) atoms. The number of ether oxygens (including phenoxy) is 1. The minimum Gasteiger partial charge on any atom is -0.490 e. The number of nitrogens with zero attached hydrogens (tertiary/aromatic N) is 2. The highest BCUT2D eigenvalue weighted by molar-refractivity contribution is 7.13. The first-order valence-corrected chi connectivity index (χ1v) is 10.1. The third kappa shape index (κ3) is 4.45. The lowest BCUT2D eigenvalue weighted by molar-refractivity contribution is 0.102. The summed E-state index contributed by atoms with van der Waals surface area (Å²) in [6.45, 7) is 0.833. The molecular formula is C20H18F2N4O3S. The molecule has 7 nitrogen and oxygen atoms in total. The van der Waals surface area contributed by atoms with Crippen LogP contribution in [0.25, 0.3) is 10.6 Å². The summed E-state index contributed by atoms with van der Waals surface area (Å²) in [6, 6.07) is 5.16. The molecule has 3 heterocycles. The molecule has 1 fully saturated rings. The first-order chi connectivity index (χ1) is 14.5. The fourth-order valence-corrected chi connectivity index (χ4v) is 3.94. The standard InChI is InChI=1S/C20H18F2N4O3S/c21-13-2-1-3-14(22)18(13)20-26-16(10-30-20)19(28)25-15-8-23-5-4-17(15)29-9-11-6-12(27)7-24-11/h1-5,8,10-12,24,27H,6-7,9H2,(H,25,28)/t11-,12?/m0/s1. The van der Waals surface area contributed by atoms with Gasteiger partial charge in [-0.2, -0.15) is 0 Å². The van der Waals surface area contributed by atoms with E-state index in [9.17, 15) is 18.7 Å². The van der Waals surface area contributed by atoms with Gasteiger partial charge in [-0.15, -0.1) is 11.3 Å². The lowest BCUT2D eigenvalue weighted by Gasteiger charge is -2.15. The van der Waals surface area contributed by atoms with E-state index in [4.69, 9.17) is 4.74 Å². The number of benzene rings is 1. The molecule has 0 bridgehead atoms. The van der Waals surface area contributed by atoms with Gasteiger partial charge in [0.2, 0.25) is 0 Å². The summed E-state index contributed by atoms with van der Waals surface area (Å²) >= 11 is 0.971. The maximum atomic E-state index is 14.0. The molecule has 2 aromatic heterocycles. The predicted molar refractivity (Wildman–Crippen MR) is 108 cm³/mol. The number of aliphatic hydroxyl groups excluding tert-OH is 1. The number of anilines is 1. The van der Waals surface area contributed by atoms with Gasteiger partial charge < -0.3 is 20.5 Å². The van der Waals surface area contributed by atoms with E-state index in [1.54, 1.807) is 6.07 Å². The molecule has 0 aliphatic carbocycles. The molecule has 2 atom stereocenters. The van der Waals surface area contributed by atoms with Crippen LogP contribution in [0.2, 0.25) is 0 Å². The number of amides is 1. The van der Waals surface area contributed by atoms with Crippen LogP contribution in [0.3, 0.4) is 0 Å². The quantitative estimate of drug-likeness (QED) is 0.554. The Morgan fingerprint density at radius 3 is 2.87 bits per heavy atom. The molecule has 156 valence electrons. The van der Waals surface area contributed by atoms with Crippen LogP contribution in [-0.2, 0) is 0 Å². The van der Waals surface area contributed by atoms with Gasteiger partial charge in [-0.3, -0.25) is 9.78 Å². The van der Waals surface area contributed by atoms with Crippen molar-refractivity contribution < 1.29 is 23.4 Å². The highest BCUT2D eigenvalue weighted by Crippen LogP contribution is 2.30. The van der Waals surface area contributed by atoms with E-state index in [1.807, 2.05) is 0 Å². The van der Waals surface area contributed by atoms with Gasteiger partial charge in [-0.1, -0.05) is 6.07 Å². The molecule has 1 unspecified atom stereocenters. The third-order valence-corrected chi connectivity index (χ3v) is 5.44. The Morgan fingerprint density at radius 2 is 2.13 bits per heavy atom. The topological polar surface area (TPSA) is 96.4 Å². The number of β-amino-alcohol motifs (C(OH)–C–C–N with tert-alkyl or cyclic N) is 1. The second-order valence-corrected chi connectivity index (χ2v) is 7.62. The average Bonchev–Trinajstić information content (AvgIpc) is 3.37. The Labute approximate surface area is 174 Å². The maximum Gasteiger partial charge on any atom is 0.275 e. The van der Waals surface area contributed by atoms with Crippen molar-refractivity contribution in [3.05, 3.63) is 59.4 Å². The molecule has 1 aromatic carbocycles. The monoisotopic (exact) mass is 432 g/mol. The Bertz CT molecular complexity index is 1040. The molecule has 10 heteroatoms. The van der Waals surface area contributed by atoms with Gasteiger partial charge in [0.1, 0.15) is 40.4 Å². The third-order valence-electron chi connectivity index (χ3n) is 4.58. The highest BCUT2D eigenvalue weighted by atomic mass is 32.1. The molecule has 1 saturated heterocycles. The average molecular weight is 432 g/mol. The van der Waals surface area contributed by atoms with Crippen molar-refractivity contribution in [1.82, 2.24) is 15.3 Å². The largest absolute Gasteiger partial charge is 0.490 e. The number of rotatable bonds is 6. The fourth-order valence-electron chi connectivity index (χ4n) is 3.10. The zero-order valence-corrected chi connectivity index (χ0v) is 16.5. The van der Waals surface area contributed by atoms with Gasteiger partial charge in [-0.25, -0.2) is 13.8 Å². The summed E-state index contributed by atoms with van der Waals surface area (Å²) < 4.78 is 33.7. The van der Waals surface area contributed by atoms with E-state index in [0.29, 0.717) is 31.0 Å². The molecule has 0 radical (unpaired) electrons. The van der Waals surface area contributed by atoms with Crippen LogP contribution in [0, 0.1) is 11.6 Å². The van der Waals surface area contributed by atoms with Crippen LogP contribution in [0.5, 0.6) is 5.75 Å². The smallest absolute Gasteiger partial charge is 0.275 e. The van der Waals surface area contributed by atoms with E-state index in [0.717, 1.165) is 23.5 Å². The van der Waals surface area contributed by atoms with Gasteiger partial charge >= 0.3 is 0 Å². The van der Waals surface area contributed by atoms with Crippen LogP contribution >= 0.6 is 11.3 Å². The summed E-state index contributed by atoms with van der Waals surface area (Å²) in [4.78, 5) is 20.7. The fraction of sp³-hybridized carbons (Fsp3) is 0.250. The summed E-state index contributed by atoms with van der Waals surface area (Å²) in [7, 11) is 0. The number of halogens is 2. The summed E-state index contributed by atoms with van der Waals surface area (Å²) in [5, 5.41) is 16.9. The van der Waals surface area contributed by atoms with E-state index < -0.39 is 23.6 Å². The summed E-state index contributed by atoms with van der Waals surface area (Å²) in [6.07, 6.45) is 3.16.